The number of rotatable bonds is 6. The molecule has 118 valence electrons. The van der Waals surface area contributed by atoms with E-state index in [0.29, 0.717) is 6.61 Å². The van der Waals surface area contributed by atoms with Crippen molar-refractivity contribution in [2.24, 2.45) is 0 Å². The van der Waals surface area contributed by atoms with Crippen molar-refractivity contribution in [3.05, 3.63) is 29.1 Å². The van der Waals surface area contributed by atoms with Gasteiger partial charge in [-0.2, -0.15) is 0 Å². The molecule has 0 saturated carbocycles. The van der Waals surface area contributed by atoms with E-state index in [1.165, 1.54) is 6.92 Å². The summed E-state index contributed by atoms with van der Waals surface area (Å²) in [6.45, 7) is 5.65. The summed E-state index contributed by atoms with van der Waals surface area (Å²) in [4.78, 5) is 11.6. The van der Waals surface area contributed by atoms with E-state index in [4.69, 9.17) is 15.4 Å². The fraction of sp³-hybridized carbons (Fsp3) is 0.462. The quantitative estimate of drug-likeness (QED) is 0.638. The second-order valence-electron chi connectivity index (χ2n) is 4.69. The van der Waals surface area contributed by atoms with Crippen LogP contribution in [-0.2, 0) is 13.8 Å². The van der Waals surface area contributed by atoms with Gasteiger partial charge in [-0.25, -0.2) is 12.8 Å². The zero-order chi connectivity index (χ0) is 16.2. The Hall–Kier alpha value is -1.18. The van der Waals surface area contributed by atoms with Crippen molar-refractivity contribution in [2.45, 2.75) is 31.8 Å². The maximum absolute atomic E-state index is 13.5. The molecule has 5 nitrogen and oxygen atoms in total. The molecule has 0 aliphatic heterocycles. The molecule has 1 amide bonds. The van der Waals surface area contributed by atoms with Crippen LogP contribution in [0.3, 0.4) is 0 Å². The molecule has 0 unspecified atom stereocenters. The molecule has 0 radical (unpaired) electrons. The van der Waals surface area contributed by atoms with E-state index in [0.717, 1.165) is 12.1 Å². The van der Waals surface area contributed by atoms with Crippen LogP contribution < -0.4 is 5.32 Å². The first-order valence-electron chi connectivity index (χ1n) is 6.27. The topological polar surface area (TPSA) is 72.5 Å². The van der Waals surface area contributed by atoms with Crippen LogP contribution in [0.5, 0.6) is 0 Å². The molecule has 0 aliphatic carbocycles. The Morgan fingerprint density at radius 3 is 2.57 bits per heavy atom. The number of ether oxygens (including phenoxy) is 1. The number of carbonyl (C=O) groups excluding carboxylic acids is 1. The van der Waals surface area contributed by atoms with Crippen LogP contribution in [0.15, 0.2) is 17.0 Å². The largest absolute Gasteiger partial charge is 0.377 e. The average Bonchev–Trinajstić information content (AvgIpc) is 2.35. The van der Waals surface area contributed by atoms with Gasteiger partial charge in [0.05, 0.1) is 17.6 Å². The van der Waals surface area contributed by atoms with Gasteiger partial charge in [0.25, 0.3) is 15.0 Å². The summed E-state index contributed by atoms with van der Waals surface area (Å²) in [7, 11) is 1.11. The van der Waals surface area contributed by atoms with Crippen LogP contribution in [0.1, 0.15) is 29.8 Å². The van der Waals surface area contributed by atoms with Gasteiger partial charge in [-0.1, -0.05) is 0 Å². The second-order valence-corrected chi connectivity index (χ2v) is 7.22. The van der Waals surface area contributed by atoms with Crippen molar-refractivity contribution < 1.29 is 22.3 Å². The first-order chi connectivity index (χ1) is 9.62. The summed E-state index contributed by atoms with van der Waals surface area (Å²) in [5.74, 6) is -1.43. The predicted octanol–water partition coefficient (Wildman–Crippen LogP) is 2.22. The fourth-order valence-corrected chi connectivity index (χ4v) is 2.91. The van der Waals surface area contributed by atoms with Crippen molar-refractivity contribution >= 4 is 25.6 Å². The lowest BCUT2D eigenvalue weighted by molar-refractivity contribution is 0.0746. The van der Waals surface area contributed by atoms with Gasteiger partial charge in [0, 0.05) is 22.8 Å². The second kappa shape index (κ2) is 7.20. The maximum Gasteiger partial charge on any atom is 0.261 e. The molecule has 0 fully saturated rings. The molecule has 0 aliphatic rings. The minimum atomic E-state index is -4.12. The standard InChI is InChI=1S/C13H17ClFNO4S/c1-8(2)20-5-4-16-13(17)11-6-10(15)7-12(9(11)3)21(14,18)19/h6-8H,4-5H2,1-3H3,(H,16,17). The lowest BCUT2D eigenvalue weighted by Crippen LogP contribution is -2.29. The highest BCUT2D eigenvalue weighted by molar-refractivity contribution is 8.13. The minimum absolute atomic E-state index is 0.0331. The van der Waals surface area contributed by atoms with E-state index in [1.807, 2.05) is 13.8 Å². The third-order valence-electron chi connectivity index (χ3n) is 2.67. The number of hydrogen-bond acceptors (Lipinski definition) is 4. The Morgan fingerprint density at radius 2 is 2.05 bits per heavy atom. The number of nitrogens with one attached hydrogen (secondary N) is 1. The van der Waals surface area contributed by atoms with Crippen LogP contribution in [0.25, 0.3) is 0 Å². The summed E-state index contributed by atoms with van der Waals surface area (Å²) in [6, 6.07) is 1.76. The Morgan fingerprint density at radius 1 is 1.43 bits per heavy atom. The van der Waals surface area contributed by atoms with E-state index >= 15 is 0 Å². The van der Waals surface area contributed by atoms with Crippen molar-refractivity contribution in [3.63, 3.8) is 0 Å². The molecule has 1 aromatic rings. The highest BCUT2D eigenvalue weighted by Gasteiger charge is 2.21. The maximum atomic E-state index is 13.5. The molecule has 0 aromatic heterocycles. The van der Waals surface area contributed by atoms with Gasteiger partial charge < -0.3 is 10.1 Å². The van der Waals surface area contributed by atoms with E-state index in [9.17, 15) is 17.6 Å². The predicted molar refractivity (Wildman–Crippen MR) is 77.6 cm³/mol. The van der Waals surface area contributed by atoms with Crippen LogP contribution in [-0.4, -0.2) is 33.6 Å². The molecular formula is C13H17ClFNO4S. The zero-order valence-electron chi connectivity index (χ0n) is 11.9. The molecule has 0 saturated heterocycles. The molecule has 1 N–H and O–H groups in total. The van der Waals surface area contributed by atoms with Crippen molar-refractivity contribution in [1.29, 1.82) is 0 Å². The van der Waals surface area contributed by atoms with Gasteiger partial charge in [-0.3, -0.25) is 4.79 Å². The van der Waals surface area contributed by atoms with Crippen LogP contribution >= 0.6 is 10.7 Å². The van der Waals surface area contributed by atoms with E-state index in [2.05, 4.69) is 5.32 Å². The number of carbonyl (C=O) groups is 1. The first kappa shape index (κ1) is 17.9. The smallest absolute Gasteiger partial charge is 0.261 e. The van der Waals surface area contributed by atoms with Crippen molar-refractivity contribution in [1.82, 2.24) is 5.32 Å². The Kier molecular flexibility index (Phi) is 6.12. The van der Waals surface area contributed by atoms with Crippen LogP contribution in [0.4, 0.5) is 4.39 Å². The van der Waals surface area contributed by atoms with E-state index in [1.54, 1.807) is 0 Å². The Labute approximate surface area is 127 Å². The van der Waals surface area contributed by atoms with Gasteiger partial charge in [0.15, 0.2) is 0 Å². The minimum Gasteiger partial charge on any atom is -0.377 e. The van der Waals surface area contributed by atoms with Crippen molar-refractivity contribution in [3.8, 4) is 0 Å². The first-order valence-corrected chi connectivity index (χ1v) is 8.58. The van der Waals surface area contributed by atoms with Gasteiger partial charge in [0.2, 0.25) is 0 Å². The van der Waals surface area contributed by atoms with Gasteiger partial charge in [-0.15, -0.1) is 0 Å². The molecule has 0 spiro atoms. The molecule has 0 atom stereocenters. The van der Waals surface area contributed by atoms with Crippen LogP contribution in [0.2, 0.25) is 0 Å². The highest BCUT2D eigenvalue weighted by atomic mass is 35.7. The molecule has 8 heteroatoms. The Balaban J connectivity index is 2.93. The third kappa shape index (κ3) is 5.26. The van der Waals surface area contributed by atoms with E-state index < -0.39 is 25.7 Å². The number of halogens is 2. The summed E-state index contributed by atoms with van der Waals surface area (Å²) < 4.78 is 41.4. The van der Waals surface area contributed by atoms with Gasteiger partial charge in [-0.05, 0) is 38.5 Å². The molecular weight excluding hydrogens is 321 g/mol. The molecule has 1 aromatic carbocycles. The Bertz CT molecular complexity index is 631. The summed E-state index contributed by atoms with van der Waals surface area (Å²) in [6.07, 6.45) is 0.0331. The van der Waals surface area contributed by atoms with Crippen LogP contribution in [0, 0.1) is 12.7 Å². The van der Waals surface area contributed by atoms with E-state index in [-0.39, 0.29) is 23.8 Å². The number of amides is 1. The highest BCUT2D eigenvalue weighted by Crippen LogP contribution is 2.24. The van der Waals surface area contributed by atoms with Gasteiger partial charge in [0.1, 0.15) is 5.82 Å². The normalized spacial score (nSPS) is 11.7. The number of benzene rings is 1. The van der Waals surface area contributed by atoms with Gasteiger partial charge >= 0.3 is 0 Å². The number of hydrogen-bond donors (Lipinski definition) is 1. The van der Waals surface area contributed by atoms with Crippen molar-refractivity contribution in [2.75, 3.05) is 13.2 Å². The molecule has 0 bridgehead atoms. The average molecular weight is 338 g/mol. The fourth-order valence-electron chi connectivity index (χ4n) is 1.70. The summed E-state index contributed by atoms with van der Waals surface area (Å²) in [5.41, 5.74) is 0.0347. The lowest BCUT2D eigenvalue weighted by atomic mass is 10.1. The molecule has 1 rings (SSSR count). The molecule has 0 heterocycles. The third-order valence-corrected chi connectivity index (χ3v) is 4.12. The monoisotopic (exact) mass is 337 g/mol. The zero-order valence-corrected chi connectivity index (χ0v) is 13.5. The summed E-state index contributed by atoms with van der Waals surface area (Å²) >= 11 is 0. The molecule has 21 heavy (non-hydrogen) atoms. The summed E-state index contributed by atoms with van der Waals surface area (Å²) in [5, 5.41) is 2.53. The SMILES string of the molecule is Cc1c(C(=O)NCCOC(C)C)cc(F)cc1S(=O)(=O)Cl. The lowest BCUT2D eigenvalue weighted by Gasteiger charge is -2.11.